The second kappa shape index (κ2) is 9.39. The topological polar surface area (TPSA) is 72.9 Å². The Kier molecular flexibility index (Phi) is 7.21. The summed E-state index contributed by atoms with van der Waals surface area (Å²) in [5, 5.41) is 12.2. The summed E-state index contributed by atoms with van der Waals surface area (Å²) in [6.45, 7) is 4.20. The summed E-state index contributed by atoms with van der Waals surface area (Å²) in [7, 11) is 0. The quantitative estimate of drug-likeness (QED) is 0.767. The van der Waals surface area contributed by atoms with E-state index < -0.39 is 0 Å². The third-order valence-electron chi connectivity index (χ3n) is 4.21. The first kappa shape index (κ1) is 18.4. The van der Waals surface area contributed by atoms with Gasteiger partial charge in [0.05, 0.1) is 13.2 Å². The number of piperidine rings is 1. The third-order valence-corrected chi connectivity index (χ3v) is 4.21. The minimum Gasteiger partial charge on any atom is -0.395 e. The first-order valence-electron chi connectivity index (χ1n) is 8.50. The van der Waals surface area contributed by atoms with Crippen LogP contribution in [0.5, 0.6) is 0 Å². The summed E-state index contributed by atoms with van der Waals surface area (Å²) in [5.74, 6) is -0.00489. The molecule has 1 aliphatic heterocycles. The molecule has 6 nitrogen and oxygen atoms in total. The van der Waals surface area contributed by atoms with E-state index in [2.05, 4.69) is 5.32 Å². The largest absolute Gasteiger partial charge is 0.395 e. The van der Waals surface area contributed by atoms with Gasteiger partial charge in [-0.3, -0.25) is 14.5 Å². The molecule has 1 aromatic carbocycles. The predicted octanol–water partition coefficient (Wildman–Crippen LogP) is 0.608. The normalized spacial score (nSPS) is 17.8. The molecule has 1 aliphatic rings. The zero-order valence-corrected chi connectivity index (χ0v) is 14.3. The van der Waals surface area contributed by atoms with Gasteiger partial charge >= 0.3 is 0 Å². The Morgan fingerprint density at radius 1 is 1.33 bits per heavy atom. The van der Waals surface area contributed by atoms with Crippen molar-refractivity contribution < 1.29 is 14.7 Å². The van der Waals surface area contributed by atoms with E-state index in [1.54, 1.807) is 0 Å². The van der Waals surface area contributed by atoms with Gasteiger partial charge in [-0.1, -0.05) is 30.3 Å². The number of carbonyl (C=O) groups is 2. The molecule has 132 valence electrons. The van der Waals surface area contributed by atoms with Gasteiger partial charge in [-0.15, -0.1) is 0 Å². The molecule has 2 N–H and O–H groups in total. The fourth-order valence-electron chi connectivity index (χ4n) is 3.10. The van der Waals surface area contributed by atoms with Gasteiger partial charge in [-0.2, -0.15) is 0 Å². The summed E-state index contributed by atoms with van der Waals surface area (Å²) in [4.78, 5) is 27.6. The summed E-state index contributed by atoms with van der Waals surface area (Å²) in [6.07, 6.45) is 1.81. The van der Waals surface area contributed by atoms with Crippen LogP contribution in [0.1, 0.15) is 25.3 Å². The van der Waals surface area contributed by atoms with Crippen molar-refractivity contribution >= 4 is 11.8 Å². The van der Waals surface area contributed by atoms with Crippen LogP contribution >= 0.6 is 0 Å². The standard InChI is InChI=1S/C18H27N3O3/c1-15(23)19-17-8-5-9-21(13-17)18(24)14-20(10-11-22)12-16-6-3-2-4-7-16/h2-4,6-7,17,22H,5,8-14H2,1H3,(H,19,23)/t17-/m1/s1. The van der Waals surface area contributed by atoms with Gasteiger partial charge in [0.1, 0.15) is 0 Å². The van der Waals surface area contributed by atoms with E-state index in [0.29, 0.717) is 19.6 Å². The van der Waals surface area contributed by atoms with E-state index in [1.165, 1.54) is 6.92 Å². The highest BCUT2D eigenvalue weighted by Gasteiger charge is 2.25. The highest BCUT2D eigenvalue weighted by atomic mass is 16.3. The summed E-state index contributed by atoms with van der Waals surface area (Å²) in [5.41, 5.74) is 1.12. The first-order chi connectivity index (χ1) is 11.6. The number of rotatable bonds is 7. The number of aliphatic hydroxyl groups excluding tert-OH is 1. The van der Waals surface area contributed by atoms with Crippen molar-refractivity contribution in [2.24, 2.45) is 0 Å². The third kappa shape index (κ3) is 5.94. The average Bonchev–Trinajstić information content (AvgIpc) is 2.55. The lowest BCUT2D eigenvalue weighted by Gasteiger charge is -2.34. The van der Waals surface area contributed by atoms with Crippen LogP contribution in [-0.2, 0) is 16.1 Å². The van der Waals surface area contributed by atoms with Crippen molar-refractivity contribution in [2.75, 3.05) is 32.8 Å². The lowest BCUT2D eigenvalue weighted by Crippen LogP contribution is -2.51. The number of aliphatic hydroxyl groups is 1. The molecule has 2 amide bonds. The molecule has 1 heterocycles. The van der Waals surface area contributed by atoms with Crippen molar-refractivity contribution in [3.8, 4) is 0 Å². The van der Waals surface area contributed by atoms with Crippen LogP contribution in [0.3, 0.4) is 0 Å². The smallest absolute Gasteiger partial charge is 0.236 e. The van der Waals surface area contributed by atoms with E-state index in [9.17, 15) is 14.7 Å². The lowest BCUT2D eigenvalue weighted by molar-refractivity contribution is -0.134. The van der Waals surface area contributed by atoms with Crippen LogP contribution in [0.2, 0.25) is 0 Å². The average molecular weight is 333 g/mol. The molecule has 0 spiro atoms. The summed E-state index contributed by atoms with van der Waals surface area (Å²) < 4.78 is 0. The molecule has 0 bridgehead atoms. The molecule has 0 radical (unpaired) electrons. The Morgan fingerprint density at radius 2 is 2.08 bits per heavy atom. The van der Waals surface area contributed by atoms with Crippen molar-refractivity contribution in [2.45, 2.75) is 32.4 Å². The van der Waals surface area contributed by atoms with Crippen molar-refractivity contribution in [3.63, 3.8) is 0 Å². The number of nitrogens with zero attached hydrogens (tertiary/aromatic N) is 2. The highest BCUT2D eigenvalue weighted by molar-refractivity contribution is 5.78. The maximum atomic E-state index is 12.6. The second-order valence-corrected chi connectivity index (χ2v) is 6.30. The Hall–Kier alpha value is -1.92. The van der Waals surface area contributed by atoms with Gasteiger partial charge in [0.2, 0.25) is 11.8 Å². The van der Waals surface area contributed by atoms with E-state index in [1.807, 2.05) is 40.1 Å². The number of nitrogens with one attached hydrogen (secondary N) is 1. The van der Waals surface area contributed by atoms with Crippen LogP contribution in [0.15, 0.2) is 30.3 Å². The summed E-state index contributed by atoms with van der Waals surface area (Å²) in [6, 6.07) is 9.97. The van der Waals surface area contributed by atoms with Crippen molar-refractivity contribution in [3.05, 3.63) is 35.9 Å². The number of hydrogen-bond acceptors (Lipinski definition) is 4. The number of hydrogen-bond donors (Lipinski definition) is 2. The summed E-state index contributed by atoms with van der Waals surface area (Å²) >= 11 is 0. The maximum Gasteiger partial charge on any atom is 0.236 e. The van der Waals surface area contributed by atoms with Gasteiger partial charge < -0.3 is 15.3 Å². The van der Waals surface area contributed by atoms with E-state index in [0.717, 1.165) is 24.9 Å². The minimum absolute atomic E-state index is 0.0225. The Balaban J connectivity index is 1.90. The molecular formula is C18H27N3O3. The Labute approximate surface area is 143 Å². The van der Waals surface area contributed by atoms with Crippen LogP contribution in [0, 0.1) is 0 Å². The molecular weight excluding hydrogens is 306 g/mol. The van der Waals surface area contributed by atoms with Crippen molar-refractivity contribution in [1.29, 1.82) is 0 Å². The van der Waals surface area contributed by atoms with Crippen LogP contribution in [0.4, 0.5) is 0 Å². The monoisotopic (exact) mass is 333 g/mol. The van der Waals surface area contributed by atoms with Gasteiger partial charge in [0.25, 0.3) is 0 Å². The van der Waals surface area contributed by atoms with Gasteiger partial charge in [0.15, 0.2) is 0 Å². The lowest BCUT2D eigenvalue weighted by atomic mass is 10.1. The molecule has 1 saturated heterocycles. The molecule has 1 atom stereocenters. The maximum absolute atomic E-state index is 12.6. The number of likely N-dealkylation sites (tertiary alicyclic amines) is 1. The SMILES string of the molecule is CC(=O)N[C@@H]1CCCN(C(=O)CN(CCO)Cc2ccccc2)C1. The first-order valence-corrected chi connectivity index (χ1v) is 8.50. The van der Waals surface area contributed by atoms with Crippen LogP contribution in [0.25, 0.3) is 0 Å². The zero-order chi connectivity index (χ0) is 17.4. The molecule has 2 rings (SSSR count). The second-order valence-electron chi connectivity index (χ2n) is 6.30. The van der Waals surface area contributed by atoms with Gasteiger partial charge in [-0.05, 0) is 18.4 Å². The predicted molar refractivity (Wildman–Crippen MR) is 92.2 cm³/mol. The molecule has 0 saturated carbocycles. The molecule has 1 aromatic rings. The molecule has 0 aliphatic carbocycles. The molecule has 0 aromatic heterocycles. The highest BCUT2D eigenvalue weighted by Crippen LogP contribution is 2.12. The molecule has 6 heteroatoms. The number of carbonyl (C=O) groups excluding carboxylic acids is 2. The Bertz CT molecular complexity index is 536. The Morgan fingerprint density at radius 3 is 2.75 bits per heavy atom. The van der Waals surface area contributed by atoms with Crippen molar-refractivity contribution in [1.82, 2.24) is 15.1 Å². The minimum atomic E-state index is -0.0553. The molecule has 1 fully saturated rings. The van der Waals surface area contributed by atoms with Crippen LogP contribution in [-0.4, -0.2) is 65.5 Å². The van der Waals surface area contributed by atoms with Gasteiger partial charge in [0, 0.05) is 39.1 Å². The van der Waals surface area contributed by atoms with E-state index in [-0.39, 0.29) is 31.0 Å². The molecule has 24 heavy (non-hydrogen) atoms. The number of amides is 2. The van der Waals surface area contributed by atoms with E-state index in [4.69, 9.17) is 0 Å². The zero-order valence-electron chi connectivity index (χ0n) is 14.3. The van der Waals surface area contributed by atoms with Gasteiger partial charge in [-0.25, -0.2) is 0 Å². The fraction of sp³-hybridized carbons (Fsp3) is 0.556. The van der Waals surface area contributed by atoms with E-state index >= 15 is 0 Å². The molecule has 0 unspecified atom stereocenters. The number of benzene rings is 1. The fourth-order valence-corrected chi connectivity index (χ4v) is 3.10. The van der Waals surface area contributed by atoms with Crippen LogP contribution < -0.4 is 5.32 Å².